The van der Waals surface area contributed by atoms with Gasteiger partial charge in [-0.05, 0) is 93.8 Å². The van der Waals surface area contributed by atoms with Crippen LogP contribution in [0.3, 0.4) is 0 Å². The van der Waals surface area contributed by atoms with Crippen molar-refractivity contribution in [3.8, 4) is 0 Å². The molecule has 0 bridgehead atoms. The summed E-state index contributed by atoms with van der Waals surface area (Å²) in [5.41, 5.74) is 3.00. The lowest BCUT2D eigenvalue weighted by Crippen LogP contribution is -2.50. The molecular weight excluding hydrogens is 476 g/mol. The fourth-order valence-corrected chi connectivity index (χ4v) is 8.69. The highest BCUT2D eigenvalue weighted by molar-refractivity contribution is 5.85. The van der Waals surface area contributed by atoms with Gasteiger partial charge in [-0.25, -0.2) is 4.79 Å². The predicted octanol–water partition coefficient (Wildman–Crippen LogP) is 5.06. The molecule has 4 rings (SSSR count). The Hall–Kier alpha value is -1.44. The highest BCUT2D eigenvalue weighted by Crippen LogP contribution is 2.66. The van der Waals surface area contributed by atoms with Crippen molar-refractivity contribution in [1.82, 2.24) is 10.2 Å². The highest BCUT2D eigenvalue weighted by Gasteiger charge is 2.59. The van der Waals surface area contributed by atoms with E-state index in [9.17, 15) is 9.90 Å². The molecule has 2 N–H and O–H groups in total. The van der Waals surface area contributed by atoms with Gasteiger partial charge in [-0.3, -0.25) is 4.84 Å². The Labute approximate surface area is 231 Å². The molecule has 4 aliphatic rings. The van der Waals surface area contributed by atoms with Gasteiger partial charge in [-0.15, -0.1) is 0 Å². The average Bonchev–Trinajstić information content (AvgIpc) is 3.21. The molecular formula is C31H55N4O3+. The standard InChI is InChI=1S/C31H55N4O3/c1-8-34(19-17-32-18-20-35(5,6)7)29(37)38-33-22(2)26-11-12-27-25-10-9-23-21-24(36)13-15-30(23,3)28(25)14-16-31(26,27)4/h9,24-28,32,36H,8,10-21H2,1-7H3/q+1/b33-22+/t24-,25-,26+,27-,28-,30-,31+/m0/s1. The molecule has 0 spiro atoms. The van der Waals surface area contributed by atoms with Crippen LogP contribution in [-0.2, 0) is 4.84 Å². The van der Waals surface area contributed by atoms with E-state index in [4.69, 9.17) is 4.84 Å². The van der Waals surface area contributed by atoms with Gasteiger partial charge in [0, 0.05) is 32.1 Å². The number of carbonyl (C=O) groups is 1. The number of oxime groups is 1. The molecule has 1 amide bonds. The maximum absolute atomic E-state index is 12.8. The predicted molar refractivity (Wildman–Crippen MR) is 154 cm³/mol. The van der Waals surface area contributed by atoms with Gasteiger partial charge in [-0.2, -0.15) is 0 Å². The smallest absolute Gasteiger partial charge is 0.393 e. The van der Waals surface area contributed by atoms with E-state index in [1.807, 2.05) is 6.92 Å². The Bertz CT molecular complexity index is 911. The zero-order chi connectivity index (χ0) is 27.7. The van der Waals surface area contributed by atoms with Gasteiger partial charge in [0.2, 0.25) is 0 Å². The van der Waals surface area contributed by atoms with Crippen LogP contribution in [-0.4, -0.2) is 86.3 Å². The van der Waals surface area contributed by atoms with Crippen molar-refractivity contribution >= 4 is 11.8 Å². The summed E-state index contributed by atoms with van der Waals surface area (Å²) in [4.78, 5) is 20.1. The van der Waals surface area contributed by atoms with Crippen molar-refractivity contribution in [2.24, 2.45) is 39.7 Å². The van der Waals surface area contributed by atoms with Crippen molar-refractivity contribution in [3.63, 3.8) is 0 Å². The monoisotopic (exact) mass is 531 g/mol. The first-order valence-electron chi connectivity index (χ1n) is 15.3. The summed E-state index contributed by atoms with van der Waals surface area (Å²) < 4.78 is 0.921. The van der Waals surface area contributed by atoms with Crippen molar-refractivity contribution in [3.05, 3.63) is 11.6 Å². The van der Waals surface area contributed by atoms with Crippen molar-refractivity contribution in [2.45, 2.75) is 85.2 Å². The molecule has 7 nitrogen and oxygen atoms in total. The van der Waals surface area contributed by atoms with E-state index in [0.29, 0.717) is 24.9 Å². The van der Waals surface area contributed by atoms with Crippen LogP contribution < -0.4 is 5.32 Å². The summed E-state index contributed by atoms with van der Waals surface area (Å²) in [6, 6.07) is 0. The minimum absolute atomic E-state index is 0.148. The molecule has 3 saturated carbocycles. The van der Waals surface area contributed by atoms with Crippen LogP contribution in [0.5, 0.6) is 0 Å². The van der Waals surface area contributed by atoms with E-state index in [0.717, 1.165) is 73.8 Å². The van der Waals surface area contributed by atoms with E-state index in [-0.39, 0.29) is 23.0 Å². The summed E-state index contributed by atoms with van der Waals surface area (Å²) in [7, 11) is 6.55. The maximum atomic E-state index is 12.8. The van der Waals surface area contributed by atoms with E-state index in [1.54, 1.807) is 4.90 Å². The van der Waals surface area contributed by atoms with Gasteiger partial charge in [-0.1, -0.05) is 30.7 Å². The van der Waals surface area contributed by atoms with Gasteiger partial charge in [0.15, 0.2) is 0 Å². The van der Waals surface area contributed by atoms with Crippen molar-refractivity contribution in [1.29, 1.82) is 0 Å². The third-order valence-electron chi connectivity index (χ3n) is 11.0. The molecule has 4 aliphatic carbocycles. The molecule has 216 valence electrons. The number of hydrogen-bond donors (Lipinski definition) is 2. The molecule has 0 saturated heterocycles. The number of carbonyl (C=O) groups excluding carboxylic acids is 1. The number of nitrogens with one attached hydrogen (secondary N) is 1. The number of amides is 1. The van der Waals surface area contributed by atoms with Crippen LogP contribution in [0.2, 0.25) is 0 Å². The number of nitrogens with zero attached hydrogens (tertiary/aromatic N) is 3. The Balaban J connectivity index is 1.34. The summed E-state index contributed by atoms with van der Waals surface area (Å²) in [5.74, 6) is 2.52. The minimum atomic E-state index is -0.346. The molecule has 38 heavy (non-hydrogen) atoms. The molecule has 7 atom stereocenters. The number of fused-ring (bicyclic) bond motifs is 5. The number of likely N-dealkylation sites (N-methyl/N-ethyl adjacent to an activating group) is 2. The Kier molecular flexibility index (Phi) is 9.00. The van der Waals surface area contributed by atoms with Crippen LogP contribution in [0.15, 0.2) is 16.8 Å². The van der Waals surface area contributed by atoms with Crippen LogP contribution in [0.1, 0.15) is 79.1 Å². The zero-order valence-corrected chi connectivity index (χ0v) is 25.3. The van der Waals surface area contributed by atoms with Crippen LogP contribution in [0, 0.1) is 34.5 Å². The number of quaternary nitrogens is 1. The summed E-state index contributed by atoms with van der Waals surface area (Å²) in [6.45, 7) is 13.0. The summed E-state index contributed by atoms with van der Waals surface area (Å²) >= 11 is 0. The largest absolute Gasteiger partial charge is 0.436 e. The molecule has 0 aromatic carbocycles. The van der Waals surface area contributed by atoms with Crippen LogP contribution >= 0.6 is 0 Å². The van der Waals surface area contributed by atoms with E-state index >= 15 is 0 Å². The van der Waals surface area contributed by atoms with Crippen LogP contribution in [0.25, 0.3) is 0 Å². The molecule has 7 heteroatoms. The topological polar surface area (TPSA) is 74.2 Å². The van der Waals surface area contributed by atoms with E-state index < -0.39 is 0 Å². The average molecular weight is 532 g/mol. The van der Waals surface area contributed by atoms with Gasteiger partial charge in [0.25, 0.3) is 0 Å². The third kappa shape index (κ3) is 6.00. The molecule has 0 heterocycles. The van der Waals surface area contributed by atoms with E-state index in [1.165, 1.54) is 24.8 Å². The molecule has 3 fully saturated rings. The first-order valence-corrected chi connectivity index (χ1v) is 15.3. The second-order valence-corrected chi connectivity index (χ2v) is 14.3. The molecule has 0 aromatic heterocycles. The zero-order valence-electron chi connectivity index (χ0n) is 25.3. The SMILES string of the molecule is CCN(CCNCC[N+](C)(C)C)C(=O)O/N=C(\C)[C@H]1CC[C@H]2[C@@H]3CC=C4C[C@@H](O)CC[C@]4(C)[C@H]3CC[C@]12C. The number of hydrogen-bond acceptors (Lipinski definition) is 5. The third-order valence-corrected chi connectivity index (χ3v) is 11.0. The number of aliphatic hydroxyl groups is 1. The van der Waals surface area contributed by atoms with Crippen molar-refractivity contribution in [2.75, 3.05) is 53.9 Å². The second kappa shape index (κ2) is 11.6. The fraction of sp³-hybridized carbons (Fsp3) is 0.871. The van der Waals surface area contributed by atoms with Gasteiger partial charge < -0.3 is 19.8 Å². The Morgan fingerprint density at radius 3 is 2.63 bits per heavy atom. The molecule has 0 aromatic rings. The second-order valence-electron chi connectivity index (χ2n) is 14.3. The van der Waals surface area contributed by atoms with Crippen LogP contribution in [0.4, 0.5) is 4.79 Å². The molecule has 0 radical (unpaired) electrons. The number of rotatable bonds is 9. The highest BCUT2D eigenvalue weighted by atomic mass is 16.7. The maximum Gasteiger partial charge on any atom is 0.436 e. The lowest BCUT2D eigenvalue weighted by Gasteiger charge is -2.58. The van der Waals surface area contributed by atoms with Crippen molar-refractivity contribution < 1.29 is 19.2 Å². The summed E-state index contributed by atoms with van der Waals surface area (Å²) in [5, 5.41) is 18.2. The molecule has 0 aliphatic heterocycles. The number of allylic oxidation sites excluding steroid dienone is 1. The quantitative estimate of drug-likeness (QED) is 0.109. The Morgan fingerprint density at radius 2 is 1.92 bits per heavy atom. The molecule has 0 unspecified atom stereocenters. The minimum Gasteiger partial charge on any atom is -0.393 e. The van der Waals surface area contributed by atoms with Gasteiger partial charge >= 0.3 is 6.09 Å². The lowest BCUT2D eigenvalue weighted by atomic mass is 9.47. The Morgan fingerprint density at radius 1 is 1.16 bits per heavy atom. The van der Waals surface area contributed by atoms with Gasteiger partial charge in [0.1, 0.15) is 0 Å². The van der Waals surface area contributed by atoms with E-state index in [2.05, 4.69) is 58.5 Å². The number of aliphatic hydroxyl groups excluding tert-OH is 1. The fourth-order valence-electron chi connectivity index (χ4n) is 8.69. The normalized spacial score (nSPS) is 37.1. The first-order chi connectivity index (χ1) is 17.9. The lowest BCUT2D eigenvalue weighted by molar-refractivity contribution is -0.869. The first kappa shape index (κ1) is 29.5. The summed E-state index contributed by atoms with van der Waals surface area (Å²) in [6.07, 6.45) is 11.0. The van der Waals surface area contributed by atoms with Gasteiger partial charge in [0.05, 0.1) is 39.5 Å².